The molecule has 0 radical (unpaired) electrons. The highest BCUT2D eigenvalue weighted by atomic mass is 35.5. The summed E-state index contributed by atoms with van der Waals surface area (Å²) in [5, 5.41) is 10.7. The van der Waals surface area contributed by atoms with E-state index < -0.39 is 0 Å². The molecule has 21 heavy (non-hydrogen) atoms. The molecule has 1 aliphatic carbocycles. The average molecular weight is 331 g/mol. The SMILES string of the molecule is Cl.O=C(CCc1ccsc1)NCCNC1CCCCCC1. The number of nitrogens with one attached hydrogen (secondary N) is 2. The molecule has 1 fully saturated rings. The molecule has 2 N–H and O–H groups in total. The van der Waals surface area contributed by atoms with Crippen molar-refractivity contribution in [2.45, 2.75) is 57.4 Å². The van der Waals surface area contributed by atoms with Crippen LogP contribution < -0.4 is 10.6 Å². The van der Waals surface area contributed by atoms with E-state index in [0.717, 1.165) is 19.5 Å². The van der Waals surface area contributed by atoms with Crippen molar-refractivity contribution < 1.29 is 4.79 Å². The number of hydrogen-bond acceptors (Lipinski definition) is 3. The lowest BCUT2D eigenvalue weighted by Crippen LogP contribution is -2.36. The molecule has 1 saturated carbocycles. The fourth-order valence-electron chi connectivity index (χ4n) is 2.74. The maximum atomic E-state index is 11.7. The summed E-state index contributed by atoms with van der Waals surface area (Å²) in [7, 11) is 0. The van der Waals surface area contributed by atoms with Crippen molar-refractivity contribution in [3.63, 3.8) is 0 Å². The molecule has 2 rings (SSSR count). The van der Waals surface area contributed by atoms with Crippen LogP contribution in [0.2, 0.25) is 0 Å². The van der Waals surface area contributed by atoms with Crippen LogP contribution in [-0.2, 0) is 11.2 Å². The van der Waals surface area contributed by atoms with E-state index in [1.807, 2.05) is 0 Å². The van der Waals surface area contributed by atoms with E-state index >= 15 is 0 Å². The summed E-state index contributed by atoms with van der Waals surface area (Å²) in [5.41, 5.74) is 1.27. The highest BCUT2D eigenvalue weighted by molar-refractivity contribution is 7.07. The molecular weight excluding hydrogens is 304 g/mol. The highest BCUT2D eigenvalue weighted by Gasteiger charge is 2.11. The van der Waals surface area contributed by atoms with Gasteiger partial charge >= 0.3 is 0 Å². The second-order valence-electron chi connectivity index (χ2n) is 5.62. The smallest absolute Gasteiger partial charge is 0.220 e. The standard InChI is InChI=1S/C16H26N2OS.ClH/c19-16(8-7-14-9-12-20-13-14)18-11-10-17-15-5-3-1-2-4-6-15;/h9,12-13,15,17H,1-8,10-11H2,(H,18,19);1H. The van der Waals surface area contributed by atoms with Crippen LogP contribution in [-0.4, -0.2) is 25.0 Å². The van der Waals surface area contributed by atoms with Crippen molar-refractivity contribution in [1.29, 1.82) is 0 Å². The Morgan fingerprint density at radius 1 is 1.19 bits per heavy atom. The molecule has 1 aromatic heterocycles. The first-order valence-electron chi connectivity index (χ1n) is 7.86. The third kappa shape index (κ3) is 7.84. The number of amides is 1. The van der Waals surface area contributed by atoms with Crippen molar-refractivity contribution in [2.75, 3.05) is 13.1 Å². The Hall–Kier alpha value is -0.580. The molecule has 1 aliphatic rings. The largest absolute Gasteiger partial charge is 0.355 e. The molecule has 0 bridgehead atoms. The second kappa shape index (κ2) is 11.0. The van der Waals surface area contributed by atoms with Crippen molar-refractivity contribution in [3.8, 4) is 0 Å². The molecule has 120 valence electrons. The Kier molecular flexibility index (Phi) is 9.72. The lowest BCUT2D eigenvalue weighted by molar-refractivity contribution is -0.121. The van der Waals surface area contributed by atoms with Gasteiger partial charge in [-0.15, -0.1) is 12.4 Å². The van der Waals surface area contributed by atoms with Crippen LogP contribution in [0.4, 0.5) is 0 Å². The minimum atomic E-state index is 0. The first kappa shape index (κ1) is 18.5. The van der Waals surface area contributed by atoms with Crippen molar-refractivity contribution in [2.24, 2.45) is 0 Å². The van der Waals surface area contributed by atoms with Crippen molar-refractivity contribution in [1.82, 2.24) is 10.6 Å². The maximum Gasteiger partial charge on any atom is 0.220 e. The molecule has 1 amide bonds. The van der Waals surface area contributed by atoms with Gasteiger partial charge in [0.05, 0.1) is 0 Å². The summed E-state index contributed by atoms with van der Waals surface area (Å²) < 4.78 is 0. The minimum Gasteiger partial charge on any atom is -0.355 e. The van der Waals surface area contributed by atoms with Crippen LogP contribution in [0.15, 0.2) is 16.8 Å². The van der Waals surface area contributed by atoms with Crippen LogP contribution >= 0.6 is 23.7 Å². The lowest BCUT2D eigenvalue weighted by atomic mass is 10.1. The monoisotopic (exact) mass is 330 g/mol. The van der Waals surface area contributed by atoms with Gasteiger partial charge in [0, 0.05) is 25.6 Å². The van der Waals surface area contributed by atoms with E-state index in [1.165, 1.54) is 44.1 Å². The molecule has 1 aromatic rings. The summed E-state index contributed by atoms with van der Waals surface area (Å²) in [6, 6.07) is 2.76. The van der Waals surface area contributed by atoms with Crippen LogP contribution in [0.3, 0.4) is 0 Å². The second-order valence-corrected chi connectivity index (χ2v) is 6.40. The Bertz CT molecular complexity index is 376. The maximum absolute atomic E-state index is 11.7. The van der Waals surface area contributed by atoms with E-state index in [4.69, 9.17) is 0 Å². The van der Waals surface area contributed by atoms with Gasteiger partial charge in [-0.3, -0.25) is 4.79 Å². The third-order valence-electron chi connectivity index (χ3n) is 3.96. The number of rotatable bonds is 7. The van der Waals surface area contributed by atoms with Gasteiger partial charge in [0.15, 0.2) is 0 Å². The van der Waals surface area contributed by atoms with Crippen LogP contribution in [0.25, 0.3) is 0 Å². The summed E-state index contributed by atoms with van der Waals surface area (Å²) >= 11 is 1.69. The lowest BCUT2D eigenvalue weighted by Gasteiger charge is -2.16. The molecule has 5 heteroatoms. The zero-order valence-corrected chi connectivity index (χ0v) is 14.2. The molecule has 3 nitrogen and oxygen atoms in total. The number of thiophene rings is 1. The van der Waals surface area contributed by atoms with Gasteiger partial charge in [-0.25, -0.2) is 0 Å². The van der Waals surface area contributed by atoms with Gasteiger partial charge in [-0.05, 0) is 41.7 Å². The molecule has 0 spiro atoms. The quantitative estimate of drug-likeness (QED) is 0.593. The molecule has 0 unspecified atom stereocenters. The number of hydrogen-bond donors (Lipinski definition) is 2. The van der Waals surface area contributed by atoms with Gasteiger partial charge in [0.25, 0.3) is 0 Å². The molecule has 0 atom stereocenters. The summed E-state index contributed by atoms with van der Waals surface area (Å²) in [6.45, 7) is 1.65. The molecule has 1 heterocycles. The Morgan fingerprint density at radius 3 is 2.62 bits per heavy atom. The predicted molar refractivity (Wildman–Crippen MR) is 92.4 cm³/mol. The Labute approximate surface area is 138 Å². The molecule has 0 saturated heterocycles. The van der Waals surface area contributed by atoms with Gasteiger partial charge < -0.3 is 10.6 Å². The number of carbonyl (C=O) groups is 1. The summed E-state index contributed by atoms with van der Waals surface area (Å²) in [6.07, 6.45) is 9.52. The minimum absolute atomic E-state index is 0. The molecule has 0 aliphatic heterocycles. The highest BCUT2D eigenvalue weighted by Crippen LogP contribution is 2.16. The van der Waals surface area contributed by atoms with Crippen LogP contribution in [0, 0.1) is 0 Å². The van der Waals surface area contributed by atoms with E-state index in [1.54, 1.807) is 11.3 Å². The van der Waals surface area contributed by atoms with Gasteiger partial charge in [-0.2, -0.15) is 11.3 Å². The van der Waals surface area contributed by atoms with Gasteiger partial charge in [0.1, 0.15) is 0 Å². The summed E-state index contributed by atoms with van der Waals surface area (Å²) in [5.74, 6) is 0.166. The fourth-order valence-corrected chi connectivity index (χ4v) is 3.45. The fraction of sp³-hybridized carbons (Fsp3) is 0.688. The third-order valence-corrected chi connectivity index (χ3v) is 4.69. The van der Waals surface area contributed by atoms with E-state index in [-0.39, 0.29) is 18.3 Å². The number of halogens is 1. The zero-order valence-electron chi connectivity index (χ0n) is 12.6. The van der Waals surface area contributed by atoms with Crippen molar-refractivity contribution in [3.05, 3.63) is 22.4 Å². The van der Waals surface area contributed by atoms with Crippen LogP contribution in [0.1, 0.15) is 50.5 Å². The van der Waals surface area contributed by atoms with Crippen molar-refractivity contribution >= 4 is 29.7 Å². The topological polar surface area (TPSA) is 41.1 Å². The first-order valence-corrected chi connectivity index (χ1v) is 8.80. The number of carbonyl (C=O) groups excluding carboxylic acids is 1. The molecular formula is C16H27ClN2OS. The van der Waals surface area contributed by atoms with Gasteiger partial charge in [0.2, 0.25) is 5.91 Å². The van der Waals surface area contributed by atoms with Gasteiger partial charge in [-0.1, -0.05) is 25.7 Å². The van der Waals surface area contributed by atoms with Crippen LogP contribution in [0.5, 0.6) is 0 Å². The normalized spacial score (nSPS) is 16.0. The zero-order chi connectivity index (χ0) is 14.0. The molecule has 0 aromatic carbocycles. The predicted octanol–water partition coefficient (Wildman–Crippen LogP) is 3.53. The Morgan fingerprint density at radius 2 is 1.95 bits per heavy atom. The van der Waals surface area contributed by atoms with E-state index in [9.17, 15) is 4.79 Å². The Balaban J connectivity index is 0.00000220. The van der Waals surface area contributed by atoms with E-state index in [0.29, 0.717) is 12.5 Å². The van der Waals surface area contributed by atoms with E-state index in [2.05, 4.69) is 27.5 Å². The first-order chi connectivity index (χ1) is 9.84. The summed E-state index contributed by atoms with van der Waals surface area (Å²) in [4.78, 5) is 11.7. The number of aryl methyl sites for hydroxylation is 1. The average Bonchev–Trinajstić information content (AvgIpc) is 2.84.